The molecule has 0 unspecified atom stereocenters. The van der Waals surface area contributed by atoms with Gasteiger partial charge in [0, 0.05) is 18.8 Å². The molecule has 2 N–H and O–H groups in total. The number of hydrogen-bond donors (Lipinski definition) is 1. The Labute approximate surface area is 122 Å². The second kappa shape index (κ2) is 6.23. The van der Waals surface area contributed by atoms with Crippen LogP contribution in [0.1, 0.15) is 25.0 Å². The first kappa shape index (κ1) is 16.1. The summed E-state index contributed by atoms with van der Waals surface area (Å²) in [6, 6.07) is 4.51. The molecule has 1 fully saturated rings. The molecular weight excluding hydrogens is 281 g/mol. The fraction of sp³-hybridized carbons (Fsp3) is 0.600. The second-order valence-corrected chi connectivity index (χ2v) is 5.54. The summed E-state index contributed by atoms with van der Waals surface area (Å²) < 4.78 is 45.2. The van der Waals surface area contributed by atoms with Gasteiger partial charge in [0.1, 0.15) is 0 Å². The van der Waals surface area contributed by atoms with Gasteiger partial charge in [-0.25, -0.2) is 0 Å². The Balaban J connectivity index is 2.33. The Bertz CT molecular complexity index is 480. The minimum absolute atomic E-state index is 0.00630. The van der Waals surface area contributed by atoms with Gasteiger partial charge in [-0.2, -0.15) is 13.2 Å². The maximum Gasteiger partial charge on any atom is 0.416 e. The van der Waals surface area contributed by atoms with Crippen molar-refractivity contribution in [2.75, 3.05) is 24.5 Å². The van der Waals surface area contributed by atoms with Gasteiger partial charge in [-0.1, -0.05) is 6.07 Å². The molecular formula is C15H21F3N2O. The summed E-state index contributed by atoms with van der Waals surface area (Å²) in [6.45, 7) is 5.25. The van der Waals surface area contributed by atoms with Crippen molar-refractivity contribution >= 4 is 5.69 Å². The van der Waals surface area contributed by atoms with Crippen molar-refractivity contribution in [3.8, 4) is 0 Å². The lowest BCUT2D eigenvalue weighted by atomic mass is 10.0. The predicted octanol–water partition coefficient (Wildman–Crippen LogP) is 2.82. The molecule has 0 aliphatic carbocycles. The van der Waals surface area contributed by atoms with Gasteiger partial charge in [0.25, 0.3) is 0 Å². The summed E-state index contributed by atoms with van der Waals surface area (Å²) in [6.07, 6.45) is -4.12. The summed E-state index contributed by atoms with van der Waals surface area (Å²) in [5.74, 6) is 0. The second-order valence-electron chi connectivity index (χ2n) is 5.54. The lowest BCUT2D eigenvalue weighted by molar-refractivity contribution is -0.138. The maximum absolute atomic E-state index is 13.2. The fourth-order valence-electron chi connectivity index (χ4n) is 2.79. The average Bonchev–Trinajstić information content (AvgIpc) is 2.37. The molecule has 1 aromatic rings. The molecule has 6 heteroatoms. The highest BCUT2D eigenvalue weighted by atomic mass is 19.4. The average molecular weight is 302 g/mol. The lowest BCUT2D eigenvalue weighted by Gasteiger charge is -2.37. The van der Waals surface area contributed by atoms with Crippen LogP contribution in [0.4, 0.5) is 18.9 Å². The molecule has 1 saturated heterocycles. The number of ether oxygens (including phenoxy) is 1. The van der Waals surface area contributed by atoms with E-state index >= 15 is 0 Å². The highest BCUT2D eigenvalue weighted by Gasteiger charge is 2.34. The number of morpholine rings is 1. The van der Waals surface area contributed by atoms with Gasteiger partial charge in [0.2, 0.25) is 0 Å². The summed E-state index contributed by atoms with van der Waals surface area (Å²) in [5, 5.41) is 0. The van der Waals surface area contributed by atoms with E-state index in [1.165, 1.54) is 12.1 Å². The van der Waals surface area contributed by atoms with Crippen LogP contribution in [0.5, 0.6) is 0 Å². The van der Waals surface area contributed by atoms with Crippen LogP contribution in [-0.4, -0.2) is 31.8 Å². The van der Waals surface area contributed by atoms with Crippen molar-refractivity contribution < 1.29 is 17.9 Å². The van der Waals surface area contributed by atoms with Crippen LogP contribution in [0.3, 0.4) is 0 Å². The molecule has 0 radical (unpaired) electrons. The number of anilines is 1. The topological polar surface area (TPSA) is 38.5 Å². The van der Waals surface area contributed by atoms with Crippen LogP contribution >= 0.6 is 0 Å². The van der Waals surface area contributed by atoms with Gasteiger partial charge >= 0.3 is 6.18 Å². The molecule has 3 nitrogen and oxygen atoms in total. The Morgan fingerprint density at radius 3 is 2.38 bits per heavy atom. The van der Waals surface area contributed by atoms with Crippen molar-refractivity contribution in [1.82, 2.24) is 0 Å². The number of nitrogens with two attached hydrogens (primary N) is 1. The minimum atomic E-state index is -4.36. The van der Waals surface area contributed by atoms with Crippen LogP contribution in [0.25, 0.3) is 0 Å². The SMILES string of the molecule is C[C@@H]1CN(c2ccc(CCN)c(C(F)(F)F)c2)C[C@H](C)O1. The van der Waals surface area contributed by atoms with Crippen LogP contribution in [0.2, 0.25) is 0 Å². The molecule has 1 aromatic carbocycles. The van der Waals surface area contributed by atoms with Gasteiger partial charge < -0.3 is 15.4 Å². The van der Waals surface area contributed by atoms with Crippen LogP contribution in [0, 0.1) is 0 Å². The first-order valence-electron chi connectivity index (χ1n) is 7.12. The normalized spacial score (nSPS) is 23.4. The number of halogens is 3. The number of hydrogen-bond acceptors (Lipinski definition) is 3. The summed E-state index contributed by atoms with van der Waals surface area (Å²) in [7, 11) is 0. The maximum atomic E-state index is 13.2. The van der Waals surface area contributed by atoms with Gasteiger partial charge in [-0.05, 0) is 44.5 Å². The van der Waals surface area contributed by atoms with E-state index in [-0.39, 0.29) is 30.7 Å². The zero-order chi connectivity index (χ0) is 15.6. The van der Waals surface area contributed by atoms with E-state index < -0.39 is 11.7 Å². The Morgan fingerprint density at radius 2 is 1.86 bits per heavy atom. The number of rotatable bonds is 3. The molecule has 2 rings (SSSR count). The van der Waals surface area contributed by atoms with Gasteiger partial charge in [-0.3, -0.25) is 0 Å². The first-order chi connectivity index (χ1) is 9.81. The monoisotopic (exact) mass is 302 g/mol. The van der Waals surface area contributed by atoms with Crippen LogP contribution < -0.4 is 10.6 Å². The smallest absolute Gasteiger partial charge is 0.372 e. The molecule has 2 atom stereocenters. The third-order valence-corrected chi connectivity index (χ3v) is 3.60. The van der Waals surface area contributed by atoms with Crippen molar-refractivity contribution in [1.29, 1.82) is 0 Å². The van der Waals surface area contributed by atoms with Crippen molar-refractivity contribution in [2.45, 2.75) is 38.7 Å². The zero-order valence-electron chi connectivity index (χ0n) is 12.3. The third-order valence-electron chi connectivity index (χ3n) is 3.60. The fourth-order valence-corrected chi connectivity index (χ4v) is 2.79. The highest BCUT2D eigenvalue weighted by molar-refractivity contribution is 5.52. The first-order valence-corrected chi connectivity index (χ1v) is 7.12. The third kappa shape index (κ3) is 3.89. The molecule has 1 heterocycles. The summed E-state index contributed by atoms with van der Waals surface area (Å²) in [4.78, 5) is 1.94. The van der Waals surface area contributed by atoms with Crippen molar-refractivity contribution in [2.24, 2.45) is 5.73 Å². The van der Waals surface area contributed by atoms with Crippen molar-refractivity contribution in [3.05, 3.63) is 29.3 Å². The van der Waals surface area contributed by atoms with E-state index in [4.69, 9.17) is 10.5 Å². The van der Waals surface area contributed by atoms with Gasteiger partial charge in [0.15, 0.2) is 0 Å². The number of nitrogens with zero attached hydrogens (tertiary/aromatic N) is 1. The number of benzene rings is 1. The number of alkyl halides is 3. The van der Waals surface area contributed by atoms with E-state index in [1.54, 1.807) is 6.07 Å². The van der Waals surface area contributed by atoms with Crippen molar-refractivity contribution in [3.63, 3.8) is 0 Å². The Morgan fingerprint density at radius 1 is 1.24 bits per heavy atom. The van der Waals surface area contributed by atoms with Crippen LogP contribution in [0.15, 0.2) is 18.2 Å². The predicted molar refractivity (Wildman–Crippen MR) is 76.4 cm³/mol. The highest BCUT2D eigenvalue weighted by Crippen LogP contribution is 2.35. The standard InChI is InChI=1S/C15H21F3N2O/c1-10-8-20(9-11(2)21-10)13-4-3-12(5-6-19)14(7-13)15(16,17)18/h3-4,7,10-11H,5-6,8-9,19H2,1-2H3/t10-,11+. The van der Waals surface area contributed by atoms with Gasteiger partial charge in [0.05, 0.1) is 17.8 Å². The molecule has 0 amide bonds. The quantitative estimate of drug-likeness (QED) is 0.933. The molecule has 0 spiro atoms. The summed E-state index contributed by atoms with van der Waals surface area (Å²) in [5.41, 5.74) is 5.65. The molecule has 0 bridgehead atoms. The minimum Gasteiger partial charge on any atom is -0.372 e. The molecule has 0 saturated carbocycles. The Kier molecular flexibility index (Phi) is 4.78. The largest absolute Gasteiger partial charge is 0.416 e. The molecule has 1 aliphatic rings. The molecule has 0 aromatic heterocycles. The van der Waals surface area contributed by atoms with Gasteiger partial charge in [-0.15, -0.1) is 0 Å². The van der Waals surface area contributed by atoms with E-state index in [2.05, 4.69) is 0 Å². The zero-order valence-corrected chi connectivity index (χ0v) is 12.3. The molecule has 21 heavy (non-hydrogen) atoms. The van der Waals surface area contributed by atoms with E-state index in [1.807, 2.05) is 18.7 Å². The van der Waals surface area contributed by atoms with E-state index in [0.29, 0.717) is 18.8 Å². The lowest BCUT2D eigenvalue weighted by Crippen LogP contribution is -2.45. The summed E-state index contributed by atoms with van der Waals surface area (Å²) >= 11 is 0. The Hall–Kier alpha value is -1.27. The molecule has 118 valence electrons. The molecule has 1 aliphatic heterocycles. The van der Waals surface area contributed by atoms with E-state index in [9.17, 15) is 13.2 Å². The van der Waals surface area contributed by atoms with E-state index in [0.717, 1.165) is 0 Å². The van der Waals surface area contributed by atoms with Crippen LogP contribution in [-0.2, 0) is 17.3 Å².